The molecule has 0 saturated carbocycles. The first-order valence-electron chi connectivity index (χ1n) is 2.13. The maximum absolute atomic E-state index is 9.58. The maximum Gasteiger partial charge on any atom is 0.0985 e. The topological polar surface area (TPSA) is 100 Å². The predicted molar refractivity (Wildman–Crippen MR) is 20.6 cm³/mol. The van der Waals surface area contributed by atoms with E-state index in [1.165, 1.54) is 0 Å². The van der Waals surface area contributed by atoms with E-state index < -0.39 is 24.5 Å². The molecule has 10 heavy (non-hydrogen) atoms. The van der Waals surface area contributed by atoms with Crippen LogP contribution in [0.2, 0.25) is 0 Å². The Bertz CT molecular complexity index is 134. The zero-order valence-electron chi connectivity index (χ0n) is 4.67. The van der Waals surface area contributed by atoms with Crippen molar-refractivity contribution in [2.75, 3.05) is 0 Å². The summed E-state index contributed by atoms with van der Waals surface area (Å²) in [5.41, 5.74) is 0. The van der Waals surface area contributed by atoms with Gasteiger partial charge in [-0.15, -0.1) is 0 Å². The Morgan fingerprint density at radius 2 is 1.80 bits per heavy atom. The van der Waals surface area contributed by atoms with Crippen molar-refractivity contribution < 1.29 is 47.3 Å². The van der Waals surface area contributed by atoms with Crippen molar-refractivity contribution in [1.82, 2.24) is 0 Å². The number of rotatable bonds is 3. The number of aliphatic hydroxyl groups excluding tert-OH is 1. The molecule has 63 valence electrons. The van der Waals surface area contributed by atoms with Crippen LogP contribution in [0.4, 0.5) is 0 Å². The number of hydrogen-bond acceptors (Lipinski definition) is 5. The minimum absolute atomic E-state index is 0. The summed E-state index contributed by atoms with van der Waals surface area (Å²) in [6.07, 6.45) is -2.89. The zero-order valence-corrected chi connectivity index (χ0v) is 6.15. The van der Waals surface area contributed by atoms with Crippen LogP contribution >= 0.6 is 0 Å². The molecule has 0 aliphatic rings. The van der Waals surface area contributed by atoms with Crippen molar-refractivity contribution in [1.29, 1.82) is 0 Å². The number of aliphatic hydroxyl groups is 1. The molecule has 0 aromatic carbocycles. The van der Waals surface area contributed by atoms with Crippen molar-refractivity contribution in [3.05, 3.63) is 0 Å². The fourth-order valence-electron chi connectivity index (χ4n) is 0.241. The van der Waals surface area contributed by atoms with Crippen LogP contribution in [-0.4, -0.2) is 23.1 Å². The van der Waals surface area contributed by atoms with E-state index in [1.54, 1.807) is 0 Å². The third kappa shape index (κ3) is 5.77. The molecule has 1 radical (unpaired) electrons. The summed E-state index contributed by atoms with van der Waals surface area (Å²) in [6, 6.07) is 0. The number of carbonyl (C=O) groups is 2. The second-order valence-electron chi connectivity index (χ2n) is 1.41. The standard InChI is InChI=1S/C4H6O5.Ag/c5-2(4(8)9)1-3(6)7;/h2,5H,1H2,(H,6,7)(H,8,9);/p-2. The van der Waals surface area contributed by atoms with Gasteiger partial charge in [-0.2, -0.15) is 0 Å². The first kappa shape index (κ1) is 12.3. The molecule has 0 aromatic rings. The number of carboxylic acid groups (broad SMARTS) is 2. The molecule has 0 bridgehead atoms. The molecule has 1 N–H and O–H groups in total. The van der Waals surface area contributed by atoms with E-state index in [1.807, 2.05) is 0 Å². The number of carbonyl (C=O) groups excluding carboxylic acids is 2. The Hall–Kier alpha value is -0.360. The molecular formula is C4H4AgO5-2. The molecule has 0 heterocycles. The van der Waals surface area contributed by atoms with Crippen molar-refractivity contribution in [3.8, 4) is 0 Å². The Morgan fingerprint density at radius 3 is 1.90 bits per heavy atom. The fraction of sp³-hybridized carbons (Fsp3) is 0.500. The Labute approximate surface area is 72.2 Å². The first-order chi connectivity index (χ1) is 4.04. The predicted octanol–water partition coefficient (Wildman–Crippen LogP) is -3.77. The summed E-state index contributed by atoms with van der Waals surface area (Å²) >= 11 is 0. The van der Waals surface area contributed by atoms with E-state index in [0.29, 0.717) is 0 Å². The van der Waals surface area contributed by atoms with Crippen LogP contribution in [0.15, 0.2) is 0 Å². The first-order valence-corrected chi connectivity index (χ1v) is 2.13. The molecule has 0 spiro atoms. The summed E-state index contributed by atoms with van der Waals surface area (Å²) in [4.78, 5) is 19.1. The molecule has 5 nitrogen and oxygen atoms in total. The van der Waals surface area contributed by atoms with E-state index >= 15 is 0 Å². The monoisotopic (exact) mass is 239 g/mol. The van der Waals surface area contributed by atoms with Gasteiger partial charge in [0.1, 0.15) is 0 Å². The smallest absolute Gasteiger partial charge is 0.0985 e. The zero-order chi connectivity index (χ0) is 7.44. The van der Waals surface area contributed by atoms with Crippen molar-refractivity contribution >= 4 is 11.9 Å². The number of carboxylic acids is 2. The second kappa shape index (κ2) is 5.43. The summed E-state index contributed by atoms with van der Waals surface area (Å²) in [7, 11) is 0. The average Bonchev–Trinajstić information content (AvgIpc) is 1.63. The second-order valence-corrected chi connectivity index (χ2v) is 1.41. The fourth-order valence-corrected chi connectivity index (χ4v) is 0.241. The number of aliphatic carboxylic acids is 2. The third-order valence-corrected chi connectivity index (χ3v) is 0.632. The molecule has 0 amide bonds. The van der Waals surface area contributed by atoms with E-state index in [2.05, 4.69) is 0 Å². The van der Waals surface area contributed by atoms with Gasteiger partial charge in [-0.05, 0) is 0 Å². The van der Waals surface area contributed by atoms with Crippen LogP contribution in [0.1, 0.15) is 6.42 Å². The molecule has 0 fully saturated rings. The van der Waals surface area contributed by atoms with Crippen LogP contribution < -0.4 is 10.2 Å². The van der Waals surface area contributed by atoms with Crippen LogP contribution in [-0.2, 0) is 32.0 Å². The summed E-state index contributed by atoms with van der Waals surface area (Å²) in [6.45, 7) is 0. The van der Waals surface area contributed by atoms with Gasteiger partial charge in [-0.1, -0.05) is 0 Å². The Kier molecular flexibility index (Phi) is 6.69. The van der Waals surface area contributed by atoms with Gasteiger partial charge >= 0.3 is 0 Å². The van der Waals surface area contributed by atoms with Gasteiger partial charge in [0, 0.05) is 34.8 Å². The summed E-state index contributed by atoms with van der Waals surface area (Å²) in [5, 5.41) is 27.3. The van der Waals surface area contributed by atoms with Crippen LogP contribution in [0.25, 0.3) is 0 Å². The Balaban J connectivity index is 0. The van der Waals surface area contributed by atoms with Gasteiger partial charge in [0.25, 0.3) is 0 Å². The van der Waals surface area contributed by atoms with E-state index in [-0.39, 0.29) is 22.4 Å². The molecule has 1 unspecified atom stereocenters. The molecule has 6 heteroatoms. The van der Waals surface area contributed by atoms with E-state index in [4.69, 9.17) is 5.11 Å². The van der Waals surface area contributed by atoms with Crippen LogP contribution in [0.3, 0.4) is 0 Å². The maximum atomic E-state index is 9.58. The molecule has 0 aliphatic carbocycles. The van der Waals surface area contributed by atoms with Gasteiger partial charge in [0.15, 0.2) is 0 Å². The normalized spacial score (nSPS) is 11.3. The largest absolute Gasteiger partial charge is 0.550 e. The Morgan fingerprint density at radius 1 is 1.40 bits per heavy atom. The summed E-state index contributed by atoms with van der Waals surface area (Å²) in [5.74, 6) is -3.43. The van der Waals surface area contributed by atoms with Gasteiger partial charge in [-0.25, -0.2) is 0 Å². The van der Waals surface area contributed by atoms with Crippen LogP contribution in [0, 0.1) is 0 Å². The van der Waals surface area contributed by atoms with Crippen molar-refractivity contribution in [3.63, 3.8) is 0 Å². The van der Waals surface area contributed by atoms with Crippen molar-refractivity contribution in [2.24, 2.45) is 0 Å². The minimum Gasteiger partial charge on any atom is -0.550 e. The molecule has 0 saturated heterocycles. The number of hydrogen-bond donors (Lipinski definition) is 1. The SMILES string of the molecule is O=C([O-])CC(O)C(=O)[O-].[Ag]. The van der Waals surface area contributed by atoms with Gasteiger partial charge < -0.3 is 24.9 Å². The van der Waals surface area contributed by atoms with Gasteiger partial charge in [0.05, 0.1) is 12.1 Å². The van der Waals surface area contributed by atoms with E-state index in [0.717, 1.165) is 0 Å². The van der Waals surface area contributed by atoms with Crippen LogP contribution in [0.5, 0.6) is 0 Å². The van der Waals surface area contributed by atoms with E-state index in [9.17, 15) is 19.8 Å². The molecule has 1 atom stereocenters. The average molecular weight is 240 g/mol. The molecular weight excluding hydrogens is 236 g/mol. The van der Waals surface area contributed by atoms with Crippen molar-refractivity contribution in [2.45, 2.75) is 12.5 Å². The summed E-state index contributed by atoms with van der Waals surface area (Å²) < 4.78 is 0. The minimum atomic E-state index is -1.96. The molecule has 0 rings (SSSR count). The van der Waals surface area contributed by atoms with Gasteiger partial charge in [-0.3, -0.25) is 0 Å². The third-order valence-electron chi connectivity index (χ3n) is 0.632. The molecule has 0 aromatic heterocycles. The quantitative estimate of drug-likeness (QED) is 0.510. The molecule has 0 aliphatic heterocycles. The van der Waals surface area contributed by atoms with Gasteiger partial charge in [0.2, 0.25) is 0 Å².